The topological polar surface area (TPSA) is 85.1 Å². The molecule has 21 heavy (non-hydrogen) atoms. The standard InChI is InChI=1S/C14H21N5O2/c1-5-20-8-13-18-11(15-4)6-12(19-13)17-10(3)14-16-7-9(2)21-14/h6-7,10H,5,8H2,1-4H3,(H2,15,17,18,19). The third kappa shape index (κ3) is 4.16. The highest BCUT2D eigenvalue weighted by Gasteiger charge is 2.13. The molecule has 0 aliphatic heterocycles. The van der Waals surface area contributed by atoms with Gasteiger partial charge in [0.15, 0.2) is 5.82 Å². The van der Waals surface area contributed by atoms with E-state index in [9.17, 15) is 0 Å². The molecule has 7 nitrogen and oxygen atoms in total. The molecule has 0 bridgehead atoms. The Hall–Kier alpha value is -2.15. The molecular weight excluding hydrogens is 270 g/mol. The Kier molecular flexibility index (Phi) is 5.10. The van der Waals surface area contributed by atoms with Crippen LogP contribution < -0.4 is 10.6 Å². The largest absolute Gasteiger partial charge is 0.444 e. The number of aromatic nitrogens is 3. The first-order valence-electron chi connectivity index (χ1n) is 6.94. The van der Waals surface area contributed by atoms with Crippen LogP contribution >= 0.6 is 0 Å². The maximum atomic E-state index is 5.51. The number of ether oxygens (including phenoxy) is 1. The van der Waals surface area contributed by atoms with Crippen LogP contribution in [0.1, 0.15) is 37.4 Å². The molecule has 0 spiro atoms. The van der Waals surface area contributed by atoms with Gasteiger partial charge in [0.25, 0.3) is 0 Å². The van der Waals surface area contributed by atoms with E-state index in [1.807, 2.05) is 33.9 Å². The lowest BCUT2D eigenvalue weighted by molar-refractivity contribution is 0.128. The maximum Gasteiger partial charge on any atom is 0.216 e. The first kappa shape index (κ1) is 15.2. The summed E-state index contributed by atoms with van der Waals surface area (Å²) in [7, 11) is 1.82. The fourth-order valence-electron chi connectivity index (χ4n) is 1.81. The van der Waals surface area contributed by atoms with Gasteiger partial charge in [0.1, 0.15) is 30.0 Å². The average molecular weight is 291 g/mol. The van der Waals surface area contributed by atoms with Crippen molar-refractivity contribution in [2.75, 3.05) is 24.3 Å². The first-order chi connectivity index (χ1) is 10.1. The minimum absolute atomic E-state index is 0.0850. The van der Waals surface area contributed by atoms with E-state index in [0.29, 0.717) is 30.7 Å². The fourth-order valence-corrected chi connectivity index (χ4v) is 1.81. The lowest BCUT2D eigenvalue weighted by Crippen LogP contribution is -2.11. The van der Waals surface area contributed by atoms with Gasteiger partial charge in [-0.2, -0.15) is 0 Å². The Labute approximate surface area is 124 Å². The van der Waals surface area contributed by atoms with Crippen molar-refractivity contribution in [3.05, 3.63) is 29.7 Å². The zero-order chi connectivity index (χ0) is 15.2. The van der Waals surface area contributed by atoms with Crippen LogP contribution in [-0.2, 0) is 11.3 Å². The summed E-state index contributed by atoms with van der Waals surface area (Å²) >= 11 is 0. The van der Waals surface area contributed by atoms with Gasteiger partial charge >= 0.3 is 0 Å². The highest BCUT2D eigenvalue weighted by atomic mass is 16.5. The van der Waals surface area contributed by atoms with Gasteiger partial charge in [-0.05, 0) is 20.8 Å². The second-order valence-electron chi connectivity index (χ2n) is 4.62. The summed E-state index contributed by atoms with van der Waals surface area (Å²) < 4.78 is 10.9. The molecule has 2 heterocycles. The Morgan fingerprint density at radius 3 is 2.71 bits per heavy atom. The molecule has 2 N–H and O–H groups in total. The summed E-state index contributed by atoms with van der Waals surface area (Å²) in [5.41, 5.74) is 0. The summed E-state index contributed by atoms with van der Waals surface area (Å²) in [5.74, 6) is 3.48. The van der Waals surface area contributed by atoms with Crippen LogP contribution in [0.15, 0.2) is 16.7 Å². The van der Waals surface area contributed by atoms with E-state index in [1.54, 1.807) is 6.20 Å². The summed E-state index contributed by atoms with van der Waals surface area (Å²) in [6, 6.07) is 1.75. The second kappa shape index (κ2) is 7.03. The predicted molar refractivity (Wildman–Crippen MR) is 80.2 cm³/mol. The molecule has 0 saturated heterocycles. The van der Waals surface area contributed by atoms with E-state index in [4.69, 9.17) is 9.15 Å². The zero-order valence-corrected chi connectivity index (χ0v) is 12.8. The van der Waals surface area contributed by atoms with Crippen LogP contribution in [0.3, 0.4) is 0 Å². The van der Waals surface area contributed by atoms with Crippen molar-refractivity contribution in [1.82, 2.24) is 15.0 Å². The van der Waals surface area contributed by atoms with Crippen LogP contribution in [0.2, 0.25) is 0 Å². The molecule has 0 aromatic carbocycles. The van der Waals surface area contributed by atoms with Crippen LogP contribution in [0.4, 0.5) is 11.6 Å². The molecule has 7 heteroatoms. The SMILES string of the molecule is CCOCc1nc(NC)cc(NC(C)c2ncc(C)o2)n1. The normalized spacial score (nSPS) is 12.2. The van der Waals surface area contributed by atoms with Crippen LogP contribution in [-0.4, -0.2) is 28.6 Å². The number of anilines is 2. The van der Waals surface area contributed by atoms with Crippen LogP contribution in [0, 0.1) is 6.92 Å². The quantitative estimate of drug-likeness (QED) is 0.810. The number of hydrogen-bond donors (Lipinski definition) is 2. The molecule has 114 valence electrons. The minimum atomic E-state index is -0.0850. The highest BCUT2D eigenvalue weighted by molar-refractivity contribution is 5.47. The zero-order valence-electron chi connectivity index (χ0n) is 12.8. The fraction of sp³-hybridized carbons (Fsp3) is 0.500. The lowest BCUT2D eigenvalue weighted by atomic mass is 10.3. The molecule has 1 unspecified atom stereocenters. The molecule has 2 aromatic rings. The molecule has 2 rings (SSSR count). The van der Waals surface area contributed by atoms with Gasteiger partial charge in [0.05, 0.1) is 6.20 Å². The molecular formula is C14H21N5O2. The van der Waals surface area contributed by atoms with Crippen molar-refractivity contribution in [2.24, 2.45) is 0 Å². The smallest absolute Gasteiger partial charge is 0.216 e. The van der Waals surface area contributed by atoms with E-state index >= 15 is 0 Å². The van der Waals surface area contributed by atoms with Crippen molar-refractivity contribution < 1.29 is 9.15 Å². The molecule has 2 aromatic heterocycles. The van der Waals surface area contributed by atoms with E-state index in [-0.39, 0.29) is 6.04 Å². The molecule has 1 atom stereocenters. The summed E-state index contributed by atoms with van der Waals surface area (Å²) in [4.78, 5) is 13.0. The number of rotatable bonds is 7. The third-order valence-corrected chi connectivity index (χ3v) is 2.84. The Bertz CT molecular complexity index is 584. The molecule has 0 aliphatic rings. The number of nitrogens with one attached hydrogen (secondary N) is 2. The van der Waals surface area contributed by atoms with E-state index in [0.717, 1.165) is 11.6 Å². The Morgan fingerprint density at radius 1 is 1.33 bits per heavy atom. The number of aryl methyl sites for hydroxylation is 1. The molecule has 0 radical (unpaired) electrons. The van der Waals surface area contributed by atoms with Crippen molar-refractivity contribution >= 4 is 11.6 Å². The highest BCUT2D eigenvalue weighted by Crippen LogP contribution is 2.19. The van der Waals surface area contributed by atoms with Gasteiger partial charge in [0, 0.05) is 19.7 Å². The van der Waals surface area contributed by atoms with Crippen LogP contribution in [0.5, 0.6) is 0 Å². The lowest BCUT2D eigenvalue weighted by Gasteiger charge is -2.13. The van der Waals surface area contributed by atoms with Gasteiger partial charge in [0.2, 0.25) is 5.89 Å². The van der Waals surface area contributed by atoms with Crippen molar-refractivity contribution in [1.29, 1.82) is 0 Å². The minimum Gasteiger partial charge on any atom is -0.444 e. The Morgan fingerprint density at radius 2 is 2.10 bits per heavy atom. The first-order valence-corrected chi connectivity index (χ1v) is 6.94. The number of oxazole rings is 1. The van der Waals surface area contributed by atoms with Gasteiger partial charge in [-0.1, -0.05) is 0 Å². The number of nitrogens with zero attached hydrogens (tertiary/aromatic N) is 3. The van der Waals surface area contributed by atoms with Gasteiger partial charge in [-0.25, -0.2) is 15.0 Å². The average Bonchev–Trinajstić information content (AvgIpc) is 2.91. The van der Waals surface area contributed by atoms with Crippen molar-refractivity contribution in [3.63, 3.8) is 0 Å². The number of hydrogen-bond acceptors (Lipinski definition) is 7. The summed E-state index contributed by atoms with van der Waals surface area (Å²) in [6.07, 6.45) is 1.70. The van der Waals surface area contributed by atoms with Crippen molar-refractivity contribution in [2.45, 2.75) is 33.4 Å². The molecule has 0 amide bonds. The van der Waals surface area contributed by atoms with E-state index in [1.165, 1.54) is 0 Å². The monoisotopic (exact) mass is 291 g/mol. The van der Waals surface area contributed by atoms with E-state index < -0.39 is 0 Å². The maximum absolute atomic E-state index is 5.51. The van der Waals surface area contributed by atoms with Gasteiger partial charge in [-0.15, -0.1) is 0 Å². The summed E-state index contributed by atoms with van der Waals surface area (Å²) in [6.45, 7) is 6.78. The Balaban J connectivity index is 2.14. The van der Waals surface area contributed by atoms with Gasteiger partial charge in [-0.3, -0.25) is 0 Å². The predicted octanol–water partition coefficient (Wildman–Crippen LogP) is 2.52. The van der Waals surface area contributed by atoms with Gasteiger partial charge < -0.3 is 19.8 Å². The molecule has 0 fully saturated rings. The van der Waals surface area contributed by atoms with E-state index in [2.05, 4.69) is 25.6 Å². The van der Waals surface area contributed by atoms with Crippen molar-refractivity contribution in [3.8, 4) is 0 Å². The molecule has 0 aliphatic carbocycles. The second-order valence-corrected chi connectivity index (χ2v) is 4.62. The molecule has 0 saturated carbocycles. The van der Waals surface area contributed by atoms with Crippen LogP contribution in [0.25, 0.3) is 0 Å². The summed E-state index contributed by atoms with van der Waals surface area (Å²) in [5, 5.41) is 6.28. The third-order valence-electron chi connectivity index (χ3n) is 2.84.